The second kappa shape index (κ2) is 4.29. The summed E-state index contributed by atoms with van der Waals surface area (Å²) in [5.74, 6) is -0.0313. The van der Waals surface area contributed by atoms with Crippen molar-refractivity contribution in [2.75, 3.05) is 0 Å². The fraction of sp³-hybridized carbons (Fsp3) is 0. The van der Waals surface area contributed by atoms with Gasteiger partial charge in [0.2, 0.25) is 0 Å². The van der Waals surface area contributed by atoms with Crippen LogP contribution in [0.4, 0.5) is 0 Å². The SMILES string of the molecule is O=C(Oc1ccc2ocnc2c1)c1cccnc1. The van der Waals surface area contributed by atoms with Crippen molar-refractivity contribution >= 4 is 17.1 Å². The van der Waals surface area contributed by atoms with Gasteiger partial charge in [0.1, 0.15) is 11.3 Å². The van der Waals surface area contributed by atoms with Gasteiger partial charge in [-0.2, -0.15) is 0 Å². The molecular weight excluding hydrogens is 232 g/mol. The molecule has 3 aromatic rings. The highest BCUT2D eigenvalue weighted by Gasteiger charge is 2.09. The van der Waals surface area contributed by atoms with Crippen LogP contribution in [0, 0.1) is 0 Å². The molecule has 3 rings (SSSR count). The van der Waals surface area contributed by atoms with Crippen molar-refractivity contribution in [1.29, 1.82) is 0 Å². The lowest BCUT2D eigenvalue weighted by Gasteiger charge is -2.03. The largest absolute Gasteiger partial charge is 0.443 e. The van der Waals surface area contributed by atoms with Gasteiger partial charge in [-0.15, -0.1) is 0 Å². The van der Waals surface area contributed by atoms with Crippen molar-refractivity contribution in [2.45, 2.75) is 0 Å². The third-order valence-electron chi connectivity index (χ3n) is 2.41. The van der Waals surface area contributed by atoms with Crippen molar-refractivity contribution in [1.82, 2.24) is 9.97 Å². The third-order valence-corrected chi connectivity index (χ3v) is 2.41. The monoisotopic (exact) mass is 240 g/mol. The number of pyridine rings is 1. The molecule has 0 aliphatic heterocycles. The first-order valence-corrected chi connectivity index (χ1v) is 5.28. The van der Waals surface area contributed by atoms with Gasteiger partial charge in [-0.3, -0.25) is 4.98 Å². The highest BCUT2D eigenvalue weighted by Crippen LogP contribution is 2.20. The average Bonchev–Trinajstić information content (AvgIpc) is 2.87. The number of hydrogen-bond donors (Lipinski definition) is 0. The van der Waals surface area contributed by atoms with E-state index < -0.39 is 5.97 Å². The maximum Gasteiger partial charge on any atom is 0.345 e. The first kappa shape index (κ1) is 10.5. The molecule has 5 nitrogen and oxygen atoms in total. The first-order chi connectivity index (χ1) is 8.83. The predicted molar refractivity (Wildman–Crippen MR) is 63.2 cm³/mol. The number of hydrogen-bond acceptors (Lipinski definition) is 5. The van der Waals surface area contributed by atoms with Crippen molar-refractivity contribution in [3.8, 4) is 5.75 Å². The molecule has 0 N–H and O–H groups in total. The van der Waals surface area contributed by atoms with E-state index in [0.29, 0.717) is 22.4 Å². The molecule has 0 amide bonds. The van der Waals surface area contributed by atoms with Crippen molar-refractivity contribution in [3.05, 3.63) is 54.7 Å². The van der Waals surface area contributed by atoms with Crippen LogP contribution in [0.5, 0.6) is 5.75 Å². The second-order valence-electron chi connectivity index (χ2n) is 3.61. The van der Waals surface area contributed by atoms with Gasteiger partial charge < -0.3 is 9.15 Å². The minimum Gasteiger partial charge on any atom is -0.443 e. The summed E-state index contributed by atoms with van der Waals surface area (Å²) in [6.45, 7) is 0. The molecule has 2 heterocycles. The molecule has 88 valence electrons. The number of ether oxygens (including phenoxy) is 1. The van der Waals surface area contributed by atoms with E-state index in [9.17, 15) is 4.79 Å². The van der Waals surface area contributed by atoms with E-state index >= 15 is 0 Å². The molecule has 0 atom stereocenters. The number of oxazole rings is 1. The summed E-state index contributed by atoms with van der Waals surface area (Å²) < 4.78 is 10.3. The lowest BCUT2D eigenvalue weighted by molar-refractivity contribution is 0.0734. The normalized spacial score (nSPS) is 10.4. The summed E-state index contributed by atoms with van der Waals surface area (Å²) in [5, 5.41) is 0. The number of rotatable bonds is 2. The summed E-state index contributed by atoms with van der Waals surface area (Å²) in [6.07, 6.45) is 4.40. The molecule has 2 aromatic heterocycles. The van der Waals surface area contributed by atoms with E-state index in [2.05, 4.69) is 9.97 Å². The van der Waals surface area contributed by atoms with Crippen LogP contribution in [0.25, 0.3) is 11.1 Å². The number of benzene rings is 1. The molecule has 0 saturated carbocycles. The molecule has 18 heavy (non-hydrogen) atoms. The number of carbonyl (C=O) groups is 1. The molecule has 0 unspecified atom stereocenters. The van der Waals surface area contributed by atoms with Gasteiger partial charge in [-0.25, -0.2) is 9.78 Å². The zero-order chi connectivity index (χ0) is 12.4. The molecule has 1 aromatic carbocycles. The van der Waals surface area contributed by atoms with E-state index in [1.807, 2.05) is 0 Å². The minimum atomic E-state index is -0.453. The van der Waals surface area contributed by atoms with Crippen molar-refractivity contribution in [3.63, 3.8) is 0 Å². The highest BCUT2D eigenvalue weighted by molar-refractivity contribution is 5.91. The van der Waals surface area contributed by atoms with Gasteiger partial charge in [0, 0.05) is 18.5 Å². The van der Waals surface area contributed by atoms with Crippen LogP contribution < -0.4 is 4.74 Å². The lowest BCUT2D eigenvalue weighted by Crippen LogP contribution is -2.08. The molecule has 0 fully saturated rings. The van der Waals surface area contributed by atoms with Gasteiger partial charge in [-0.1, -0.05) is 0 Å². The average molecular weight is 240 g/mol. The Morgan fingerprint density at radius 3 is 3.06 bits per heavy atom. The number of aromatic nitrogens is 2. The minimum absolute atomic E-state index is 0.401. The zero-order valence-electron chi connectivity index (χ0n) is 9.24. The predicted octanol–water partition coefficient (Wildman–Crippen LogP) is 2.44. The molecular formula is C13H8N2O3. The second-order valence-corrected chi connectivity index (χ2v) is 3.61. The molecule has 0 saturated heterocycles. The number of fused-ring (bicyclic) bond motifs is 1. The van der Waals surface area contributed by atoms with Crippen LogP contribution in [0.3, 0.4) is 0 Å². The van der Waals surface area contributed by atoms with Crippen LogP contribution in [-0.4, -0.2) is 15.9 Å². The van der Waals surface area contributed by atoms with Gasteiger partial charge in [-0.05, 0) is 24.3 Å². The standard InChI is InChI=1S/C13H8N2O3/c16-13(9-2-1-5-14-7-9)18-10-3-4-12-11(6-10)15-8-17-12/h1-8H. The van der Waals surface area contributed by atoms with Crippen LogP contribution >= 0.6 is 0 Å². The zero-order valence-corrected chi connectivity index (χ0v) is 9.24. The number of nitrogens with zero attached hydrogens (tertiary/aromatic N) is 2. The third kappa shape index (κ3) is 1.93. The van der Waals surface area contributed by atoms with E-state index in [1.54, 1.807) is 36.5 Å². The summed E-state index contributed by atoms with van der Waals surface area (Å²) in [4.78, 5) is 19.6. The molecule has 0 bridgehead atoms. The molecule has 0 aliphatic rings. The quantitative estimate of drug-likeness (QED) is 0.508. The summed E-state index contributed by atoms with van der Waals surface area (Å²) in [6, 6.07) is 8.32. The summed E-state index contributed by atoms with van der Waals surface area (Å²) in [7, 11) is 0. The van der Waals surface area contributed by atoms with Crippen LogP contribution in [0.1, 0.15) is 10.4 Å². The van der Waals surface area contributed by atoms with Gasteiger partial charge in [0.25, 0.3) is 0 Å². The first-order valence-electron chi connectivity index (χ1n) is 5.28. The van der Waals surface area contributed by atoms with Crippen molar-refractivity contribution in [2.24, 2.45) is 0 Å². The lowest BCUT2D eigenvalue weighted by atomic mass is 10.3. The Morgan fingerprint density at radius 2 is 2.22 bits per heavy atom. The van der Waals surface area contributed by atoms with Gasteiger partial charge >= 0.3 is 5.97 Å². The number of carbonyl (C=O) groups excluding carboxylic acids is 1. The fourth-order valence-corrected chi connectivity index (χ4v) is 1.55. The molecule has 0 spiro atoms. The Balaban J connectivity index is 1.86. The Bertz CT molecular complexity index is 692. The summed E-state index contributed by atoms with van der Waals surface area (Å²) in [5.41, 5.74) is 1.69. The van der Waals surface area contributed by atoms with Crippen molar-refractivity contribution < 1.29 is 13.9 Å². The maximum absolute atomic E-state index is 11.8. The van der Waals surface area contributed by atoms with E-state index in [4.69, 9.17) is 9.15 Å². The Hall–Kier alpha value is -2.69. The van der Waals surface area contributed by atoms with Crippen LogP contribution in [0.2, 0.25) is 0 Å². The maximum atomic E-state index is 11.8. The smallest absolute Gasteiger partial charge is 0.345 e. The Morgan fingerprint density at radius 1 is 1.28 bits per heavy atom. The van der Waals surface area contributed by atoms with Crippen LogP contribution in [0.15, 0.2) is 53.5 Å². The summed E-state index contributed by atoms with van der Waals surface area (Å²) >= 11 is 0. The number of esters is 1. The van der Waals surface area contributed by atoms with E-state index in [1.165, 1.54) is 12.6 Å². The van der Waals surface area contributed by atoms with Crippen LogP contribution in [-0.2, 0) is 0 Å². The molecule has 5 heteroatoms. The topological polar surface area (TPSA) is 65.2 Å². The molecule has 0 aliphatic carbocycles. The Kier molecular flexibility index (Phi) is 2.49. The highest BCUT2D eigenvalue weighted by atomic mass is 16.5. The molecule has 0 radical (unpaired) electrons. The fourth-order valence-electron chi connectivity index (χ4n) is 1.55. The van der Waals surface area contributed by atoms with Gasteiger partial charge in [0.15, 0.2) is 12.0 Å². The van der Waals surface area contributed by atoms with E-state index in [-0.39, 0.29) is 0 Å². The Labute approximate surface area is 102 Å². The van der Waals surface area contributed by atoms with E-state index in [0.717, 1.165) is 0 Å². The van der Waals surface area contributed by atoms with Gasteiger partial charge in [0.05, 0.1) is 5.56 Å².